The van der Waals surface area contributed by atoms with Crippen LogP contribution in [0.3, 0.4) is 0 Å². The Labute approximate surface area is 104 Å². The third kappa shape index (κ3) is 1.93. The zero-order valence-electron chi connectivity index (χ0n) is 10.5. The maximum Gasteiger partial charge on any atom is 0.268 e. The first kappa shape index (κ1) is 12.1. The van der Waals surface area contributed by atoms with E-state index in [0.29, 0.717) is 12.3 Å². The lowest BCUT2D eigenvalue weighted by Crippen LogP contribution is -2.25. The van der Waals surface area contributed by atoms with E-state index < -0.39 is 0 Å². The molecule has 0 amide bonds. The molecule has 92 valence electrons. The summed E-state index contributed by atoms with van der Waals surface area (Å²) in [6, 6.07) is 5.20. The van der Waals surface area contributed by atoms with Crippen molar-refractivity contribution < 1.29 is 4.52 Å². The first-order valence-electron chi connectivity index (χ1n) is 5.57. The Morgan fingerprint density at radius 2 is 2.11 bits per heavy atom. The van der Waals surface area contributed by atoms with Crippen molar-refractivity contribution >= 4 is 0 Å². The lowest BCUT2D eigenvalue weighted by molar-refractivity contribution is 0.392. The molecule has 0 spiro atoms. The van der Waals surface area contributed by atoms with Gasteiger partial charge < -0.3 is 9.09 Å². The minimum absolute atomic E-state index is 0.146. The quantitative estimate of drug-likeness (QED) is 0.804. The molecule has 0 aromatic carbocycles. The van der Waals surface area contributed by atoms with Gasteiger partial charge in [0.2, 0.25) is 0 Å². The molecule has 0 atom stereocenters. The Morgan fingerprint density at radius 3 is 2.67 bits per heavy atom. The molecule has 5 heteroatoms. The highest BCUT2D eigenvalue weighted by Gasteiger charge is 2.13. The van der Waals surface area contributed by atoms with E-state index in [1.54, 1.807) is 16.7 Å². The second kappa shape index (κ2) is 4.49. The third-order valence-electron chi connectivity index (χ3n) is 3.01. The Morgan fingerprint density at radius 1 is 1.39 bits per heavy atom. The highest BCUT2D eigenvalue weighted by atomic mass is 16.5. The van der Waals surface area contributed by atoms with Crippen molar-refractivity contribution in [3.05, 3.63) is 50.8 Å². The Bertz CT molecular complexity index is 670. The van der Waals surface area contributed by atoms with Crippen molar-refractivity contribution in [3.63, 3.8) is 0 Å². The summed E-state index contributed by atoms with van der Waals surface area (Å²) in [6.45, 7) is 5.85. The van der Waals surface area contributed by atoms with Gasteiger partial charge in [-0.05, 0) is 32.9 Å². The zero-order valence-corrected chi connectivity index (χ0v) is 10.5. The van der Waals surface area contributed by atoms with Crippen LogP contribution in [-0.4, -0.2) is 9.72 Å². The molecule has 0 fully saturated rings. The summed E-state index contributed by atoms with van der Waals surface area (Å²) >= 11 is 0. The van der Waals surface area contributed by atoms with Crippen LogP contribution in [0.15, 0.2) is 21.5 Å². The Kier molecular flexibility index (Phi) is 3.02. The van der Waals surface area contributed by atoms with E-state index in [9.17, 15) is 4.79 Å². The molecule has 0 aliphatic carbocycles. The predicted molar refractivity (Wildman–Crippen MR) is 65.2 cm³/mol. The molecular weight excluding hydrogens is 230 g/mol. The molecule has 0 bridgehead atoms. The van der Waals surface area contributed by atoms with E-state index in [1.807, 2.05) is 26.8 Å². The number of aryl methyl sites for hydroxylation is 3. The van der Waals surface area contributed by atoms with Crippen molar-refractivity contribution in [2.24, 2.45) is 0 Å². The average Bonchev–Trinajstić information content (AvgIpc) is 2.65. The van der Waals surface area contributed by atoms with Crippen LogP contribution in [0.5, 0.6) is 0 Å². The largest absolute Gasteiger partial charge is 0.361 e. The fourth-order valence-corrected chi connectivity index (χ4v) is 1.84. The number of nitrogens with zero attached hydrogens (tertiary/aromatic N) is 3. The Hall–Kier alpha value is -2.35. The van der Waals surface area contributed by atoms with Crippen LogP contribution in [0.25, 0.3) is 0 Å². The van der Waals surface area contributed by atoms with Gasteiger partial charge in [0.25, 0.3) is 5.56 Å². The van der Waals surface area contributed by atoms with Gasteiger partial charge in [0.1, 0.15) is 17.4 Å². The molecule has 18 heavy (non-hydrogen) atoms. The van der Waals surface area contributed by atoms with Crippen LogP contribution in [0.2, 0.25) is 0 Å². The summed E-state index contributed by atoms with van der Waals surface area (Å²) in [5.41, 5.74) is 2.32. The van der Waals surface area contributed by atoms with E-state index in [0.717, 1.165) is 17.0 Å². The van der Waals surface area contributed by atoms with E-state index in [1.165, 1.54) is 0 Å². The zero-order chi connectivity index (χ0) is 13.3. The van der Waals surface area contributed by atoms with Crippen molar-refractivity contribution in [1.29, 1.82) is 5.26 Å². The summed E-state index contributed by atoms with van der Waals surface area (Å²) in [4.78, 5) is 12.1. The number of hydrogen-bond donors (Lipinski definition) is 0. The summed E-state index contributed by atoms with van der Waals surface area (Å²) < 4.78 is 6.63. The van der Waals surface area contributed by atoms with Gasteiger partial charge in [-0.15, -0.1) is 0 Å². The predicted octanol–water partition coefficient (Wildman–Crippen LogP) is 1.68. The molecule has 2 rings (SSSR count). The number of aromatic nitrogens is 2. The number of hydrogen-bond acceptors (Lipinski definition) is 4. The summed E-state index contributed by atoms with van der Waals surface area (Å²) in [6.07, 6.45) is 0. The van der Waals surface area contributed by atoms with Gasteiger partial charge >= 0.3 is 0 Å². The van der Waals surface area contributed by atoms with Crippen molar-refractivity contribution in [2.75, 3.05) is 0 Å². The molecule has 2 heterocycles. The number of rotatable bonds is 2. The average molecular weight is 243 g/mol. The molecule has 0 saturated carbocycles. The van der Waals surface area contributed by atoms with Gasteiger partial charge in [0, 0.05) is 11.3 Å². The molecule has 0 unspecified atom stereocenters. The third-order valence-corrected chi connectivity index (χ3v) is 3.01. The maximum absolute atomic E-state index is 12.1. The second-order valence-corrected chi connectivity index (χ2v) is 4.19. The maximum atomic E-state index is 12.1. The van der Waals surface area contributed by atoms with Crippen LogP contribution in [0.4, 0.5) is 0 Å². The fraction of sp³-hybridized carbons (Fsp3) is 0.308. The number of pyridine rings is 1. The lowest BCUT2D eigenvalue weighted by Gasteiger charge is -2.09. The highest BCUT2D eigenvalue weighted by molar-refractivity contribution is 5.29. The smallest absolute Gasteiger partial charge is 0.268 e. The molecular formula is C13H13N3O2. The van der Waals surface area contributed by atoms with Crippen molar-refractivity contribution in [3.8, 4) is 6.07 Å². The first-order valence-corrected chi connectivity index (χ1v) is 5.57. The summed E-state index contributed by atoms with van der Waals surface area (Å²) in [5, 5.41) is 12.7. The van der Waals surface area contributed by atoms with Crippen LogP contribution < -0.4 is 5.56 Å². The Balaban J connectivity index is 2.54. The van der Waals surface area contributed by atoms with E-state index in [2.05, 4.69) is 5.16 Å². The van der Waals surface area contributed by atoms with Crippen LogP contribution in [0.1, 0.15) is 28.3 Å². The van der Waals surface area contributed by atoms with Crippen LogP contribution >= 0.6 is 0 Å². The normalized spacial score (nSPS) is 10.3. The molecule has 0 aliphatic heterocycles. The highest BCUT2D eigenvalue weighted by Crippen LogP contribution is 2.14. The standard InChI is InChI=1S/C13H13N3O2/c1-8-4-5-11(6-14)13(17)16(8)7-12-9(2)15-18-10(12)3/h4-5H,7H2,1-3H3. The van der Waals surface area contributed by atoms with Crippen molar-refractivity contribution in [1.82, 2.24) is 9.72 Å². The topological polar surface area (TPSA) is 71.8 Å². The molecule has 2 aromatic heterocycles. The van der Waals surface area contributed by atoms with Crippen molar-refractivity contribution in [2.45, 2.75) is 27.3 Å². The van der Waals surface area contributed by atoms with Gasteiger partial charge in [0.15, 0.2) is 0 Å². The molecule has 0 saturated heterocycles. The van der Waals surface area contributed by atoms with E-state index in [4.69, 9.17) is 9.78 Å². The van der Waals surface area contributed by atoms with Crippen LogP contribution in [0, 0.1) is 32.1 Å². The fourth-order valence-electron chi connectivity index (χ4n) is 1.84. The molecule has 0 N–H and O–H groups in total. The molecule has 5 nitrogen and oxygen atoms in total. The SMILES string of the molecule is Cc1noc(C)c1Cn1c(C)ccc(C#N)c1=O. The van der Waals surface area contributed by atoms with E-state index in [-0.39, 0.29) is 11.1 Å². The molecule has 2 aromatic rings. The van der Waals surface area contributed by atoms with Crippen LogP contribution in [-0.2, 0) is 6.54 Å². The number of nitriles is 1. The molecule has 0 aliphatic rings. The minimum atomic E-state index is -0.280. The van der Waals surface area contributed by atoms with E-state index >= 15 is 0 Å². The monoisotopic (exact) mass is 243 g/mol. The summed E-state index contributed by atoms with van der Waals surface area (Å²) in [5.74, 6) is 0.696. The molecule has 0 radical (unpaired) electrons. The van der Waals surface area contributed by atoms with Gasteiger partial charge in [-0.3, -0.25) is 4.79 Å². The summed E-state index contributed by atoms with van der Waals surface area (Å²) in [7, 11) is 0. The van der Waals surface area contributed by atoms with Gasteiger partial charge in [-0.1, -0.05) is 5.16 Å². The minimum Gasteiger partial charge on any atom is -0.361 e. The van der Waals surface area contributed by atoms with Gasteiger partial charge in [0.05, 0.1) is 12.2 Å². The first-order chi connectivity index (χ1) is 8.54. The lowest BCUT2D eigenvalue weighted by atomic mass is 10.2. The van der Waals surface area contributed by atoms with Gasteiger partial charge in [-0.25, -0.2) is 0 Å². The van der Waals surface area contributed by atoms with Gasteiger partial charge in [-0.2, -0.15) is 5.26 Å². The second-order valence-electron chi connectivity index (χ2n) is 4.19.